The fourth-order valence-corrected chi connectivity index (χ4v) is 4.34. The van der Waals surface area contributed by atoms with Gasteiger partial charge in [-0.3, -0.25) is 24.7 Å². The third kappa shape index (κ3) is 6.19. The van der Waals surface area contributed by atoms with Crippen LogP contribution in [0.25, 0.3) is 0 Å². The van der Waals surface area contributed by atoms with Crippen LogP contribution in [-0.2, 0) is 9.59 Å². The fraction of sp³-hybridized carbons (Fsp3) is 0.154. The van der Waals surface area contributed by atoms with E-state index in [4.69, 9.17) is 40.2 Å². The molecule has 4 rings (SSSR count). The van der Waals surface area contributed by atoms with Crippen LogP contribution in [0.15, 0.2) is 72.8 Å². The maximum atomic E-state index is 13.5. The molecule has 1 aliphatic rings. The summed E-state index contributed by atoms with van der Waals surface area (Å²) in [6, 6.07) is 18.6. The number of hydrazine groups is 1. The smallest absolute Gasteiger partial charge is 0.269 e. The first-order valence-corrected chi connectivity index (χ1v) is 12.4. The van der Waals surface area contributed by atoms with E-state index >= 15 is 0 Å². The predicted molar refractivity (Wildman–Crippen MR) is 147 cm³/mol. The summed E-state index contributed by atoms with van der Waals surface area (Å²) >= 11 is 17.5. The second-order valence-corrected chi connectivity index (χ2v) is 9.22. The Bertz CT molecular complexity index is 1340. The second-order valence-electron chi connectivity index (χ2n) is 7.98. The molecular formula is C26H22Cl2N4O4S. The quantitative estimate of drug-likeness (QED) is 0.376. The number of carbonyl (C=O) groups is 3. The van der Waals surface area contributed by atoms with Crippen molar-refractivity contribution in [3.63, 3.8) is 0 Å². The molecule has 2 N–H and O–H groups in total. The van der Waals surface area contributed by atoms with E-state index in [0.717, 1.165) is 0 Å². The lowest BCUT2D eigenvalue weighted by Crippen LogP contribution is -2.49. The van der Waals surface area contributed by atoms with E-state index in [1.165, 1.54) is 9.91 Å². The van der Waals surface area contributed by atoms with Gasteiger partial charge in [-0.25, -0.2) is 5.01 Å². The number of nitrogens with one attached hydrogen (secondary N) is 2. The number of nitrogens with zero attached hydrogens (tertiary/aromatic N) is 2. The lowest BCUT2D eigenvalue weighted by molar-refractivity contribution is -0.124. The Morgan fingerprint density at radius 1 is 1.00 bits per heavy atom. The molecule has 37 heavy (non-hydrogen) atoms. The van der Waals surface area contributed by atoms with Gasteiger partial charge in [-0.2, -0.15) is 0 Å². The summed E-state index contributed by atoms with van der Waals surface area (Å²) in [6.07, 6.45) is -0.275. The number of amides is 3. The van der Waals surface area contributed by atoms with Crippen molar-refractivity contribution in [2.75, 3.05) is 16.8 Å². The number of anilines is 2. The number of halogens is 2. The third-order valence-corrected chi connectivity index (χ3v) is 6.32. The Morgan fingerprint density at radius 3 is 2.30 bits per heavy atom. The molecule has 1 aliphatic heterocycles. The third-order valence-electron chi connectivity index (χ3n) is 5.44. The zero-order valence-corrected chi connectivity index (χ0v) is 21.9. The van der Waals surface area contributed by atoms with Crippen LogP contribution >= 0.6 is 35.4 Å². The van der Waals surface area contributed by atoms with Gasteiger partial charge in [0.25, 0.3) is 11.8 Å². The molecule has 0 radical (unpaired) electrons. The second kappa shape index (κ2) is 11.6. The van der Waals surface area contributed by atoms with E-state index in [1.54, 1.807) is 72.8 Å². The van der Waals surface area contributed by atoms with Gasteiger partial charge in [0.15, 0.2) is 0 Å². The molecule has 1 fully saturated rings. The Balaban J connectivity index is 1.58. The van der Waals surface area contributed by atoms with E-state index in [2.05, 4.69) is 10.7 Å². The molecule has 0 spiro atoms. The van der Waals surface area contributed by atoms with Crippen LogP contribution in [-0.4, -0.2) is 40.5 Å². The molecule has 0 bridgehead atoms. The average Bonchev–Trinajstić information content (AvgIpc) is 3.09. The summed E-state index contributed by atoms with van der Waals surface area (Å²) in [5, 5.41) is 4.99. The van der Waals surface area contributed by atoms with E-state index in [9.17, 15) is 14.4 Å². The molecule has 1 atom stereocenters. The highest BCUT2D eigenvalue weighted by Gasteiger charge is 2.45. The van der Waals surface area contributed by atoms with Gasteiger partial charge in [0.05, 0.1) is 18.7 Å². The highest BCUT2D eigenvalue weighted by atomic mass is 35.5. The first kappa shape index (κ1) is 26.4. The number of hydrogen-bond acceptors (Lipinski definition) is 5. The van der Waals surface area contributed by atoms with Gasteiger partial charge < -0.3 is 10.1 Å². The minimum Gasteiger partial charge on any atom is -0.494 e. The van der Waals surface area contributed by atoms with Gasteiger partial charge in [0, 0.05) is 27.4 Å². The van der Waals surface area contributed by atoms with Crippen molar-refractivity contribution >= 4 is 69.6 Å². The van der Waals surface area contributed by atoms with Crippen LogP contribution in [0.3, 0.4) is 0 Å². The monoisotopic (exact) mass is 556 g/mol. The molecule has 3 aromatic rings. The summed E-state index contributed by atoms with van der Waals surface area (Å²) < 4.78 is 5.47. The summed E-state index contributed by atoms with van der Waals surface area (Å²) in [7, 11) is 0. The molecule has 8 nitrogen and oxygen atoms in total. The topological polar surface area (TPSA) is 91.0 Å². The van der Waals surface area contributed by atoms with Gasteiger partial charge in [-0.1, -0.05) is 29.3 Å². The number of benzene rings is 3. The SMILES string of the molecule is CCOc1cccc(NC(=O)CC2C(=O)N(c3ccc(Cl)cc3)C(=S)N2NC(=O)c2ccc(Cl)cc2)c1. The molecular weight excluding hydrogens is 535 g/mol. The van der Waals surface area contributed by atoms with Crippen LogP contribution in [0.2, 0.25) is 10.0 Å². The van der Waals surface area contributed by atoms with Crippen molar-refractivity contribution in [2.24, 2.45) is 0 Å². The summed E-state index contributed by atoms with van der Waals surface area (Å²) in [5.74, 6) is -0.829. The molecule has 1 heterocycles. The normalized spacial score (nSPS) is 15.1. The number of hydrogen-bond donors (Lipinski definition) is 2. The maximum Gasteiger partial charge on any atom is 0.269 e. The summed E-state index contributed by atoms with van der Waals surface area (Å²) in [4.78, 5) is 40.7. The zero-order valence-electron chi connectivity index (χ0n) is 19.6. The van der Waals surface area contributed by atoms with Gasteiger partial charge in [0.2, 0.25) is 11.0 Å². The van der Waals surface area contributed by atoms with Crippen molar-refractivity contribution in [2.45, 2.75) is 19.4 Å². The first-order chi connectivity index (χ1) is 17.8. The lowest BCUT2D eigenvalue weighted by atomic mass is 10.1. The highest BCUT2D eigenvalue weighted by molar-refractivity contribution is 7.80. The van der Waals surface area contributed by atoms with Crippen molar-refractivity contribution in [1.82, 2.24) is 10.4 Å². The minimum atomic E-state index is -1.09. The molecule has 0 saturated carbocycles. The molecule has 1 saturated heterocycles. The van der Waals surface area contributed by atoms with E-state index in [1.807, 2.05) is 6.92 Å². The van der Waals surface area contributed by atoms with Crippen molar-refractivity contribution in [3.8, 4) is 5.75 Å². The molecule has 3 amide bonds. The number of ether oxygens (including phenoxy) is 1. The molecule has 190 valence electrons. The van der Waals surface area contributed by atoms with E-state index < -0.39 is 23.8 Å². The summed E-state index contributed by atoms with van der Waals surface area (Å²) in [6.45, 7) is 2.34. The van der Waals surface area contributed by atoms with Crippen LogP contribution in [0.5, 0.6) is 5.75 Å². The van der Waals surface area contributed by atoms with Crippen LogP contribution < -0.4 is 20.4 Å². The Labute approximate surface area is 229 Å². The minimum absolute atomic E-state index is 0.0192. The standard InChI is InChI=1S/C26H22Cl2N4O4S/c1-2-36-21-5-3-4-19(14-21)29-23(33)15-22-25(35)31(20-12-10-18(28)11-13-20)26(37)32(22)30-24(34)16-6-8-17(27)9-7-16/h3-14,22H,2,15H2,1H3,(H,29,33)(H,30,34). The van der Waals surface area contributed by atoms with Crippen LogP contribution in [0.4, 0.5) is 11.4 Å². The summed E-state index contributed by atoms with van der Waals surface area (Å²) in [5.41, 5.74) is 3.94. The molecule has 3 aromatic carbocycles. The lowest BCUT2D eigenvalue weighted by Gasteiger charge is -2.24. The van der Waals surface area contributed by atoms with Gasteiger partial charge in [-0.05, 0) is 79.8 Å². The largest absolute Gasteiger partial charge is 0.494 e. The fourth-order valence-electron chi connectivity index (χ4n) is 3.72. The van der Waals surface area contributed by atoms with E-state index in [0.29, 0.717) is 39.3 Å². The van der Waals surface area contributed by atoms with Gasteiger partial charge >= 0.3 is 0 Å². The molecule has 11 heteroatoms. The molecule has 0 aromatic heterocycles. The van der Waals surface area contributed by atoms with E-state index in [-0.39, 0.29) is 11.5 Å². The Kier molecular flexibility index (Phi) is 8.27. The zero-order chi connectivity index (χ0) is 26.5. The Hall–Kier alpha value is -3.66. The first-order valence-electron chi connectivity index (χ1n) is 11.3. The van der Waals surface area contributed by atoms with Gasteiger partial charge in [0.1, 0.15) is 11.8 Å². The number of rotatable bonds is 8. The van der Waals surface area contributed by atoms with Crippen LogP contribution in [0, 0.1) is 0 Å². The van der Waals surface area contributed by atoms with Crippen LogP contribution in [0.1, 0.15) is 23.7 Å². The van der Waals surface area contributed by atoms with Crippen molar-refractivity contribution < 1.29 is 19.1 Å². The van der Waals surface area contributed by atoms with Crippen molar-refractivity contribution in [3.05, 3.63) is 88.4 Å². The molecule has 1 unspecified atom stereocenters. The highest BCUT2D eigenvalue weighted by Crippen LogP contribution is 2.28. The predicted octanol–water partition coefficient (Wildman–Crippen LogP) is 5.07. The number of thiocarbonyl (C=S) groups is 1. The number of carbonyl (C=O) groups excluding carboxylic acids is 3. The average molecular weight is 557 g/mol. The molecule has 0 aliphatic carbocycles. The Morgan fingerprint density at radius 2 is 1.65 bits per heavy atom. The maximum absolute atomic E-state index is 13.5. The van der Waals surface area contributed by atoms with Gasteiger partial charge in [-0.15, -0.1) is 0 Å². The van der Waals surface area contributed by atoms with Crippen molar-refractivity contribution in [1.29, 1.82) is 0 Å².